The average molecular weight is 247 g/mol. The minimum Gasteiger partial charge on any atom is -0.388 e. The number of aliphatic hydroxyl groups is 1. The van der Waals surface area contributed by atoms with E-state index >= 15 is 0 Å². The first-order chi connectivity index (χ1) is 7.16. The van der Waals surface area contributed by atoms with E-state index < -0.39 is 5.60 Å². The van der Waals surface area contributed by atoms with Crippen LogP contribution in [0.5, 0.6) is 0 Å². The van der Waals surface area contributed by atoms with Gasteiger partial charge in [-0.3, -0.25) is 4.79 Å². The summed E-state index contributed by atoms with van der Waals surface area (Å²) in [7, 11) is 0. The zero-order valence-corrected chi connectivity index (χ0v) is 11.9. The maximum Gasteiger partial charge on any atom is 0.220 e. The van der Waals surface area contributed by atoms with Crippen molar-refractivity contribution in [1.29, 1.82) is 0 Å². The minimum absolute atomic E-state index is 0.00475. The van der Waals surface area contributed by atoms with E-state index in [2.05, 4.69) is 5.32 Å². The highest BCUT2D eigenvalue weighted by atomic mass is 32.2. The Hall–Kier alpha value is -0.220. The van der Waals surface area contributed by atoms with E-state index in [-0.39, 0.29) is 11.3 Å². The molecule has 0 saturated carbocycles. The fourth-order valence-electron chi connectivity index (χ4n) is 1.24. The zero-order chi connectivity index (χ0) is 12.8. The largest absolute Gasteiger partial charge is 0.388 e. The summed E-state index contributed by atoms with van der Waals surface area (Å²) in [5.74, 6) is 0.916. The van der Waals surface area contributed by atoms with Gasteiger partial charge in [-0.05, 0) is 30.8 Å². The first-order valence-corrected chi connectivity index (χ1v) is 7.04. The van der Waals surface area contributed by atoms with Crippen molar-refractivity contribution in [2.24, 2.45) is 5.41 Å². The summed E-state index contributed by atoms with van der Waals surface area (Å²) in [6.07, 6.45) is 3.20. The lowest BCUT2D eigenvalue weighted by Crippen LogP contribution is -2.41. The van der Waals surface area contributed by atoms with Crippen molar-refractivity contribution in [3.05, 3.63) is 0 Å². The molecule has 1 atom stereocenters. The van der Waals surface area contributed by atoms with Crippen molar-refractivity contribution >= 4 is 17.7 Å². The minimum atomic E-state index is -0.795. The lowest BCUT2D eigenvalue weighted by atomic mass is 9.92. The van der Waals surface area contributed by atoms with Gasteiger partial charge in [0.15, 0.2) is 0 Å². The summed E-state index contributed by atoms with van der Waals surface area (Å²) in [5.41, 5.74) is -0.800. The van der Waals surface area contributed by atoms with Crippen LogP contribution in [0.3, 0.4) is 0 Å². The van der Waals surface area contributed by atoms with Gasteiger partial charge >= 0.3 is 0 Å². The van der Waals surface area contributed by atoms with Crippen LogP contribution in [0.25, 0.3) is 0 Å². The summed E-state index contributed by atoms with van der Waals surface area (Å²) in [6, 6.07) is 0. The molecule has 16 heavy (non-hydrogen) atoms. The fraction of sp³-hybridized carbons (Fsp3) is 0.917. The van der Waals surface area contributed by atoms with Crippen molar-refractivity contribution in [1.82, 2.24) is 5.32 Å². The smallest absolute Gasteiger partial charge is 0.220 e. The zero-order valence-electron chi connectivity index (χ0n) is 11.1. The molecule has 0 aromatic carbocycles. The van der Waals surface area contributed by atoms with Gasteiger partial charge in [-0.25, -0.2) is 0 Å². The third kappa shape index (κ3) is 9.04. The van der Waals surface area contributed by atoms with Crippen LogP contribution < -0.4 is 5.32 Å². The standard InChI is InChI=1S/C12H25NO2S/c1-11(2,3)8-10(14)13-9-12(4,15)6-7-16-5/h15H,6-9H2,1-5H3,(H,13,14). The highest BCUT2D eigenvalue weighted by Crippen LogP contribution is 2.18. The molecule has 0 radical (unpaired) electrons. The molecule has 0 fully saturated rings. The van der Waals surface area contributed by atoms with Crippen LogP contribution in [0, 0.1) is 5.41 Å². The lowest BCUT2D eigenvalue weighted by molar-refractivity contribution is -0.123. The van der Waals surface area contributed by atoms with Crippen LogP contribution in [0.1, 0.15) is 40.5 Å². The molecule has 0 rings (SSSR count). The monoisotopic (exact) mass is 247 g/mol. The van der Waals surface area contributed by atoms with Crippen LogP contribution in [0.4, 0.5) is 0 Å². The van der Waals surface area contributed by atoms with Gasteiger partial charge in [-0.15, -0.1) is 0 Å². The molecule has 0 bridgehead atoms. The second-order valence-electron chi connectivity index (χ2n) is 5.75. The fourth-order valence-corrected chi connectivity index (χ4v) is 1.89. The van der Waals surface area contributed by atoms with Crippen molar-refractivity contribution in [3.8, 4) is 0 Å². The Kier molecular flexibility index (Phi) is 6.41. The number of amides is 1. The first kappa shape index (κ1) is 15.8. The maximum atomic E-state index is 11.6. The van der Waals surface area contributed by atoms with E-state index in [0.29, 0.717) is 19.4 Å². The summed E-state index contributed by atoms with van der Waals surface area (Å²) in [5, 5.41) is 12.8. The Balaban J connectivity index is 3.90. The van der Waals surface area contributed by atoms with Crippen molar-refractivity contribution in [3.63, 3.8) is 0 Å². The molecular weight excluding hydrogens is 222 g/mol. The number of carbonyl (C=O) groups excluding carboxylic acids is 1. The molecule has 4 heteroatoms. The first-order valence-electron chi connectivity index (χ1n) is 5.64. The molecular formula is C12H25NO2S. The lowest BCUT2D eigenvalue weighted by Gasteiger charge is -2.24. The molecule has 0 aliphatic carbocycles. The number of carbonyl (C=O) groups is 1. The van der Waals surface area contributed by atoms with Gasteiger partial charge in [0.1, 0.15) is 0 Å². The Bertz CT molecular complexity index is 222. The summed E-state index contributed by atoms with van der Waals surface area (Å²) in [6.45, 7) is 8.18. The average Bonchev–Trinajstić information content (AvgIpc) is 2.09. The van der Waals surface area contributed by atoms with E-state index in [1.54, 1.807) is 18.7 Å². The third-order valence-corrected chi connectivity index (χ3v) is 2.81. The normalized spacial score (nSPS) is 15.6. The van der Waals surface area contributed by atoms with Crippen LogP contribution in [0.2, 0.25) is 0 Å². The van der Waals surface area contributed by atoms with Gasteiger partial charge in [0.05, 0.1) is 5.60 Å². The van der Waals surface area contributed by atoms with Crippen LogP contribution in [0.15, 0.2) is 0 Å². The second kappa shape index (κ2) is 6.50. The Labute approximate surface area is 103 Å². The predicted molar refractivity (Wildman–Crippen MR) is 70.7 cm³/mol. The summed E-state index contributed by atoms with van der Waals surface area (Å²) < 4.78 is 0. The molecule has 0 aromatic rings. The Morgan fingerprint density at radius 1 is 1.31 bits per heavy atom. The third-order valence-electron chi connectivity index (χ3n) is 2.20. The van der Waals surface area contributed by atoms with E-state index in [1.807, 2.05) is 27.0 Å². The van der Waals surface area contributed by atoms with Gasteiger partial charge in [0.2, 0.25) is 5.91 Å². The summed E-state index contributed by atoms with van der Waals surface area (Å²) in [4.78, 5) is 11.6. The SMILES string of the molecule is CSCCC(C)(O)CNC(=O)CC(C)(C)C. The maximum absolute atomic E-state index is 11.6. The Morgan fingerprint density at radius 3 is 2.31 bits per heavy atom. The van der Waals surface area contributed by atoms with Gasteiger partial charge in [0, 0.05) is 13.0 Å². The highest BCUT2D eigenvalue weighted by Gasteiger charge is 2.22. The molecule has 1 amide bonds. The predicted octanol–water partition coefficient (Wildman–Crippen LogP) is 2.04. The molecule has 0 aliphatic heterocycles. The van der Waals surface area contributed by atoms with E-state index in [1.165, 1.54) is 0 Å². The number of hydrogen-bond donors (Lipinski definition) is 2. The van der Waals surface area contributed by atoms with Crippen molar-refractivity contribution in [2.45, 2.75) is 46.1 Å². The van der Waals surface area contributed by atoms with E-state index in [9.17, 15) is 9.90 Å². The topological polar surface area (TPSA) is 49.3 Å². The number of hydrogen-bond acceptors (Lipinski definition) is 3. The molecule has 96 valence electrons. The molecule has 0 heterocycles. The van der Waals surface area contributed by atoms with Crippen LogP contribution in [-0.4, -0.2) is 35.2 Å². The molecule has 3 nitrogen and oxygen atoms in total. The Morgan fingerprint density at radius 2 is 1.88 bits per heavy atom. The second-order valence-corrected chi connectivity index (χ2v) is 6.74. The molecule has 0 saturated heterocycles. The van der Waals surface area contributed by atoms with Gasteiger partial charge in [-0.2, -0.15) is 11.8 Å². The molecule has 0 aliphatic rings. The molecule has 1 unspecified atom stereocenters. The van der Waals surface area contributed by atoms with Crippen molar-refractivity contribution in [2.75, 3.05) is 18.6 Å². The van der Waals surface area contributed by atoms with Gasteiger partial charge in [-0.1, -0.05) is 20.8 Å². The number of nitrogens with one attached hydrogen (secondary N) is 1. The van der Waals surface area contributed by atoms with E-state index in [4.69, 9.17) is 0 Å². The van der Waals surface area contributed by atoms with Gasteiger partial charge in [0.25, 0.3) is 0 Å². The quantitative estimate of drug-likeness (QED) is 0.755. The molecule has 2 N–H and O–H groups in total. The number of thioether (sulfide) groups is 1. The summed E-state index contributed by atoms with van der Waals surface area (Å²) >= 11 is 1.70. The highest BCUT2D eigenvalue weighted by molar-refractivity contribution is 7.98. The van der Waals surface area contributed by atoms with Gasteiger partial charge < -0.3 is 10.4 Å². The van der Waals surface area contributed by atoms with Crippen LogP contribution >= 0.6 is 11.8 Å². The van der Waals surface area contributed by atoms with Crippen molar-refractivity contribution < 1.29 is 9.90 Å². The van der Waals surface area contributed by atoms with Crippen LogP contribution in [-0.2, 0) is 4.79 Å². The van der Waals surface area contributed by atoms with E-state index in [0.717, 1.165) is 5.75 Å². The number of rotatable bonds is 6. The molecule has 0 spiro atoms. The molecule has 0 aromatic heterocycles.